The first-order chi connectivity index (χ1) is 28.2. The number of carbonyl (C=O) groups is 2. The number of aliphatic imine (C=N–C) groups is 1. The van der Waals surface area contributed by atoms with Crippen molar-refractivity contribution in [1.29, 1.82) is 0 Å². The molecule has 5 atom stereocenters. The van der Waals surface area contributed by atoms with Crippen LogP contribution < -0.4 is 9.47 Å². The van der Waals surface area contributed by atoms with Crippen LogP contribution in [0.1, 0.15) is 69.0 Å². The second-order valence-corrected chi connectivity index (χ2v) is 15.5. The summed E-state index contributed by atoms with van der Waals surface area (Å²) in [6, 6.07) is 10.3. The molecule has 13 nitrogen and oxygen atoms in total. The van der Waals surface area contributed by atoms with E-state index in [1.807, 2.05) is 36.8 Å². The van der Waals surface area contributed by atoms with Crippen LogP contribution in [0.25, 0.3) is 10.8 Å². The number of aliphatic hydroxyl groups is 3. The lowest BCUT2D eigenvalue weighted by Gasteiger charge is -2.47. The maximum absolute atomic E-state index is 14.5. The van der Waals surface area contributed by atoms with Crippen molar-refractivity contribution >= 4 is 28.7 Å². The molecule has 9 rings (SSSR count). The van der Waals surface area contributed by atoms with E-state index in [1.165, 1.54) is 18.1 Å². The molecule has 5 unspecified atom stereocenters. The van der Waals surface area contributed by atoms with Crippen molar-refractivity contribution in [3.8, 4) is 29.3 Å². The van der Waals surface area contributed by atoms with Crippen LogP contribution in [0.2, 0.25) is 0 Å². The summed E-state index contributed by atoms with van der Waals surface area (Å²) in [6.07, 6.45) is 9.60. The van der Waals surface area contributed by atoms with Gasteiger partial charge in [0.05, 0.1) is 49.6 Å². The molecule has 4 aliphatic heterocycles. The molecule has 3 aromatic carbocycles. The Morgan fingerprint density at radius 2 is 1.98 bits per heavy atom. The Bertz CT molecular complexity index is 2380. The fourth-order valence-corrected chi connectivity index (χ4v) is 8.95. The van der Waals surface area contributed by atoms with E-state index in [9.17, 15) is 30.0 Å². The molecule has 1 saturated carbocycles. The maximum atomic E-state index is 14.5. The van der Waals surface area contributed by atoms with Crippen LogP contribution >= 0.6 is 0 Å². The number of ketones is 1. The minimum Gasteiger partial charge on any atom is -0.506 e. The van der Waals surface area contributed by atoms with E-state index in [4.69, 9.17) is 23.7 Å². The number of phenolic OH excluding ortho intramolecular Hbond substituents is 1. The van der Waals surface area contributed by atoms with Crippen molar-refractivity contribution in [2.45, 2.75) is 74.8 Å². The molecular weight excluding hydrogens is 744 g/mol. The third-order valence-corrected chi connectivity index (χ3v) is 12.0. The summed E-state index contributed by atoms with van der Waals surface area (Å²) < 4.78 is 30.4. The van der Waals surface area contributed by atoms with Crippen LogP contribution in [0, 0.1) is 18.4 Å². The monoisotopic (exact) mass is 787 g/mol. The molecule has 6 bridgehead atoms. The van der Waals surface area contributed by atoms with Gasteiger partial charge in [0.2, 0.25) is 6.29 Å². The van der Waals surface area contributed by atoms with Gasteiger partial charge in [0, 0.05) is 49.2 Å². The van der Waals surface area contributed by atoms with E-state index in [2.05, 4.69) is 17.0 Å². The number of amides is 1. The summed E-state index contributed by atoms with van der Waals surface area (Å²) in [5.41, 5.74) is 2.81. The Kier molecular flexibility index (Phi) is 9.99. The van der Waals surface area contributed by atoms with Crippen LogP contribution in [-0.4, -0.2) is 107 Å². The van der Waals surface area contributed by atoms with Gasteiger partial charge in [-0.25, -0.2) is 0 Å². The second kappa shape index (κ2) is 15.3. The molecule has 4 N–H and O–H groups in total. The van der Waals surface area contributed by atoms with Gasteiger partial charge in [-0.3, -0.25) is 9.59 Å². The van der Waals surface area contributed by atoms with E-state index in [1.54, 1.807) is 24.4 Å². The summed E-state index contributed by atoms with van der Waals surface area (Å²) in [4.78, 5) is 34.1. The number of phenols is 1. The van der Waals surface area contributed by atoms with E-state index in [-0.39, 0.29) is 67.0 Å². The van der Waals surface area contributed by atoms with Crippen molar-refractivity contribution in [3.05, 3.63) is 106 Å². The minimum atomic E-state index is -2.42. The molecule has 1 saturated heterocycles. The maximum Gasteiger partial charge on any atom is 0.254 e. The first-order valence-corrected chi connectivity index (χ1v) is 19.5. The lowest BCUT2D eigenvalue weighted by atomic mass is 9.86. The van der Waals surface area contributed by atoms with Gasteiger partial charge in [-0.1, -0.05) is 30.9 Å². The largest absolute Gasteiger partial charge is 0.506 e. The molecule has 13 heteroatoms. The average molecular weight is 788 g/mol. The van der Waals surface area contributed by atoms with Gasteiger partial charge in [-0.2, -0.15) is 4.99 Å². The summed E-state index contributed by atoms with van der Waals surface area (Å²) in [7, 11) is 1.47. The van der Waals surface area contributed by atoms with E-state index >= 15 is 0 Å². The minimum absolute atomic E-state index is 0.0113. The molecular formula is C45H43N2O11+. The SMILES string of the molecule is COc1cc2c3c(O)c(c(C4CCCC4)cc3c1)C(=O)CN1Cc3c(cccc3C1=O)CC#COC1C(O)C(COCC3=C4[CH+]C=CC=C4N=C3)OC(O2)C1(O)CO. The zero-order valence-corrected chi connectivity index (χ0v) is 31.8. The van der Waals surface area contributed by atoms with Crippen LogP contribution in [0.15, 0.2) is 76.5 Å². The number of hydrogen-bond donors (Lipinski definition) is 4. The number of rotatable bonds is 7. The Labute approximate surface area is 334 Å². The molecule has 2 fully saturated rings. The van der Waals surface area contributed by atoms with E-state index in [0.29, 0.717) is 22.3 Å². The molecule has 2 aliphatic carbocycles. The lowest BCUT2D eigenvalue weighted by Crippen LogP contribution is -2.70. The Morgan fingerprint density at radius 3 is 2.79 bits per heavy atom. The number of benzene rings is 3. The quantitative estimate of drug-likeness (QED) is 0.200. The van der Waals surface area contributed by atoms with Crippen molar-refractivity contribution in [2.24, 2.45) is 4.99 Å². The fourth-order valence-electron chi connectivity index (χ4n) is 8.95. The number of hydrogen-bond acceptors (Lipinski definition) is 12. The van der Waals surface area contributed by atoms with Gasteiger partial charge in [0.15, 0.2) is 23.2 Å². The molecule has 0 aromatic heterocycles. The number of Topliss-reactive ketones (excluding diaryl/α,β-unsaturated/α-hetero) is 1. The fraction of sp³-hybridized carbons (Fsp3) is 0.378. The normalized spacial score (nSPS) is 26.4. The molecule has 3 aromatic rings. The number of methoxy groups -OCH3 is 1. The predicted octanol–water partition coefficient (Wildman–Crippen LogP) is 4.20. The van der Waals surface area contributed by atoms with Crippen LogP contribution in [0.3, 0.4) is 0 Å². The lowest BCUT2D eigenvalue weighted by molar-refractivity contribution is -0.327. The van der Waals surface area contributed by atoms with E-state index in [0.717, 1.165) is 53.7 Å². The predicted molar refractivity (Wildman–Crippen MR) is 210 cm³/mol. The van der Waals surface area contributed by atoms with Crippen LogP contribution in [0.5, 0.6) is 17.2 Å². The van der Waals surface area contributed by atoms with Crippen molar-refractivity contribution in [3.63, 3.8) is 0 Å². The molecule has 1 amide bonds. The highest BCUT2D eigenvalue weighted by atomic mass is 16.7. The summed E-state index contributed by atoms with van der Waals surface area (Å²) in [5, 5.41) is 47.7. The molecule has 0 spiro atoms. The molecule has 58 heavy (non-hydrogen) atoms. The van der Waals surface area contributed by atoms with Gasteiger partial charge in [0.1, 0.15) is 47.7 Å². The van der Waals surface area contributed by atoms with Gasteiger partial charge < -0.3 is 49.0 Å². The zero-order valence-electron chi connectivity index (χ0n) is 31.8. The number of allylic oxidation sites excluding steroid dienone is 4. The first kappa shape index (κ1) is 37.9. The molecule has 6 aliphatic rings. The molecule has 0 radical (unpaired) electrons. The van der Waals surface area contributed by atoms with Crippen LogP contribution in [-0.2, 0) is 27.2 Å². The van der Waals surface area contributed by atoms with Crippen molar-refractivity contribution in [1.82, 2.24) is 4.90 Å². The van der Waals surface area contributed by atoms with E-state index < -0.39 is 42.6 Å². The number of nitrogens with zero attached hydrogens (tertiary/aromatic N) is 2. The summed E-state index contributed by atoms with van der Waals surface area (Å²) in [5.74, 6) is 2.13. The average Bonchev–Trinajstić information content (AvgIpc) is 3.99. The molecule has 298 valence electrons. The van der Waals surface area contributed by atoms with Crippen LogP contribution in [0.4, 0.5) is 0 Å². The smallest absolute Gasteiger partial charge is 0.254 e. The first-order valence-electron chi connectivity index (χ1n) is 19.5. The third kappa shape index (κ3) is 6.51. The van der Waals surface area contributed by atoms with Gasteiger partial charge in [0.25, 0.3) is 5.91 Å². The highest BCUT2D eigenvalue weighted by Crippen LogP contribution is 2.47. The standard InChI is InChI=1S/C45H42N2O11/c1-54-29-16-27-17-32(25-8-2-3-9-25)39-35(49)21-47-20-33-26(10-6-13-31(33)43(47)52)11-7-15-56-42-40(50)37(23-55-22-28-19-46-34-14-5-4-12-30(28)34)58-44(45(42,53)24-48)57-36(18-29)38(27)41(39)51/h4-6,10,12-14,16-19,25,37,40,42,44,48,50,53H,2-3,8-9,11,20-24H2,1H3/p+1. The summed E-state index contributed by atoms with van der Waals surface area (Å²) in [6.45, 7) is -1.16. The second-order valence-electron chi connectivity index (χ2n) is 15.5. The van der Waals surface area contributed by atoms with Gasteiger partial charge in [-0.05, 0) is 59.0 Å². The topological polar surface area (TPSA) is 177 Å². The molecule has 4 heterocycles. The van der Waals surface area contributed by atoms with Gasteiger partial charge in [-0.15, -0.1) is 0 Å². The highest BCUT2D eigenvalue weighted by Gasteiger charge is 2.58. The number of carbonyl (C=O) groups excluding carboxylic acids is 2. The highest BCUT2D eigenvalue weighted by molar-refractivity contribution is 6.11. The Hall–Kier alpha value is -5.62. The number of fused-ring (bicyclic) bond motifs is 5. The summed E-state index contributed by atoms with van der Waals surface area (Å²) >= 11 is 0. The third-order valence-electron chi connectivity index (χ3n) is 12.0. The van der Waals surface area contributed by atoms with Crippen molar-refractivity contribution < 1.29 is 53.7 Å². The Balaban J connectivity index is 1.15. The zero-order chi connectivity index (χ0) is 40.1. The van der Waals surface area contributed by atoms with Gasteiger partial charge >= 0.3 is 0 Å². The number of aliphatic hydroxyl groups excluding tert-OH is 2. The number of ether oxygens (including phenoxy) is 5. The van der Waals surface area contributed by atoms with Crippen molar-refractivity contribution in [2.75, 3.05) is 33.5 Å². The Morgan fingerprint density at radius 1 is 1.14 bits per heavy atom. The number of aromatic hydroxyl groups is 1.